The minimum Gasteiger partial charge on any atom is -0.265 e. The first-order chi connectivity index (χ1) is 18.4. The van der Waals surface area contributed by atoms with Crippen LogP contribution in [0.5, 0.6) is 0 Å². The molecule has 0 N–H and O–H groups in total. The highest BCUT2D eigenvalue weighted by Gasteiger charge is 2.21. The van der Waals surface area contributed by atoms with Crippen molar-refractivity contribution in [3.05, 3.63) is 140 Å². The van der Waals surface area contributed by atoms with Gasteiger partial charge in [-0.3, -0.25) is 4.98 Å². The minimum atomic E-state index is 0.978. The monoisotopic (exact) mass is 473 g/mol. The van der Waals surface area contributed by atoms with Crippen LogP contribution in [0.2, 0.25) is 0 Å². The first-order valence-electron chi connectivity index (χ1n) is 12.4. The van der Waals surface area contributed by atoms with Gasteiger partial charge in [0.25, 0.3) is 0 Å². The Balaban J connectivity index is 1.56. The fourth-order valence-electron chi connectivity index (χ4n) is 5.15. The van der Waals surface area contributed by atoms with Crippen molar-refractivity contribution in [2.24, 2.45) is 0 Å². The van der Waals surface area contributed by atoms with Crippen molar-refractivity contribution in [2.45, 2.75) is 0 Å². The normalized spacial score (nSPS) is 11.2. The van der Waals surface area contributed by atoms with Crippen LogP contribution < -0.4 is 0 Å². The highest BCUT2D eigenvalue weighted by Crippen LogP contribution is 2.41. The molecule has 0 amide bonds. The third-order valence-corrected chi connectivity index (χ3v) is 6.93. The molecule has 3 heteroatoms. The van der Waals surface area contributed by atoms with Gasteiger partial charge < -0.3 is 0 Å². The van der Waals surface area contributed by atoms with E-state index in [1.165, 1.54) is 16.3 Å². The van der Waals surface area contributed by atoms with Crippen LogP contribution in [0.1, 0.15) is 0 Å². The Kier molecular flexibility index (Phi) is 5.11. The van der Waals surface area contributed by atoms with E-state index in [0.29, 0.717) is 0 Å². The van der Waals surface area contributed by atoms with Crippen molar-refractivity contribution < 1.29 is 0 Å². The maximum absolute atomic E-state index is 5.27. The van der Waals surface area contributed by atoms with Crippen molar-refractivity contribution in [2.75, 3.05) is 0 Å². The van der Waals surface area contributed by atoms with E-state index in [-0.39, 0.29) is 0 Å². The first-order valence-corrected chi connectivity index (χ1v) is 12.4. The molecule has 0 saturated heterocycles. The molecule has 0 radical (unpaired) electrons. The summed E-state index contributed by atoms with van der Waals surface area (Å²) in [5.41, 5.74) is 10.0. The van der Waals surface area contributed by atoms with Gasteiger partial charge in [-0.1, -0.05) is 109 Å². The Bertz CT molecular complexity index is 1840. The lowest BCUT2D eigenvalue weighted by Crippen LogP contribution is -1.95. The maximum atomic E-state index is 5.27. The van der Waals surface area contributed by atoms with Crippen molar-refractivity contribution in [1.29, 1.82) is 0 Å². The van der Waals surface area contributed by atoms with Gasteiger partial charge >= 0.3 is 0 Å². The average Bonchev–Trinajstić information content (AvgIpc) is 3.39. The summed E-state index contributed by atoms with van der Waals surface area (Å²) >= 11 is 0. The summed E-state index contributed by atoms with van der Waals surface area (Å²) in [6.45, 7) is 0. The second-order valence-electron chi connectivity index (χ2n) is 9.15. The van der Waals surface area contributed by atoms with Gasteiger partial charge in [-0.05, 0) is 40.3 Å². The van der Waals surface area contributed by atoms with E-state index in [1.807, 2.05) is 30.6 Å². The average molecular weight is 474 g/mol. The van der Waals surface area contributed by atoms with Gasteiger partial charge in [0, 0.05) is 34.5 Å². The van der Waals surface area contributed by atoms with Gasteiger partial charge in [0.15, 0.2) is 0 Å². The zero-order valence-corrected chi connectivity index (χ0v) is 20.1. The van der Waals surface area contributed by atoms with Crippen LogP contribution in [-0.4, -0.2) is 14.6 Å². The number of hydrogen-bond donors (Lipinski definition) is 0. The zero-order chi connectivity index (χ0) is 24.6. The molecule has 3 aromatic heterocycles. The number of benzene rings is 4. The van der Waals surface area contributed by atoms with Crippen molar-refractivity contribution in [3.63, 3.8) is 0 Å². The Morgan fingerprint density at radius 3 is 1.81 bits per heavy atom. The van der Waals surface area contributed by atoms with Crippen LogP contribution in [0, 0.1) is 0 Å². The first kappa shape index (κ1) is 21.3. The molecule has 37 heavy (non-hydrogen) atoms. The molecule has 0 spiro atoms. The molecule has 0 aliphatic carbocycles. The predicted molar refractivity (Wildman–Crippen MR) is 152 cm³/mol. The summed E-state index contributed by atoms with van der Waals surface area (Å²) in [7, 11) is 0. The molecule has 0 unspecified atom stereocenters. The lowest BCUT2D eigenvalue weighted by atomic mass is 9.95. The van der Waals surface area contributed by atoms with Crippen LogP contribution in [0.15, 0.2) is 140 Å². The lowest BCUT2D eigenvalue weighted by Gasteiger charge is -2.11. The summed E-state index contributed by atoms with van der Waals surface area (Å²) in [5.74, 6) is 0. The van der Waals surface area contributed by atoms with E-state index in [9.17, 15) is 0 Å². The number of pyridine rings is 2. The molecule has 3 heterocycles. The Hall–Kier alpha value is -5.02. The molecule has 3 nitrogen and oxygen atoms in total. The smallest absolute Gasteiger partial charge is 0.101 e. The topological polar surface area (TPSA) is 30.2 Å². The summed E-state index contributed by atoms with van der Waals surface area (Å²) in [5, 5.41) is 7.66. The number of aromatic nitrogens is 3. The van der Waals surface area contributed by atoms with E-state index in [2.05, 4.69) is 119 Å². The van der Waals surface area contributed by atoms with Gasteiger partial charge in [0.2, 0.25) is 0 Å². The van der Waals surface area contributed by atoms with Gasteiger partial charge in [0.1, 0.15) is 5.69 Å². The van der Waals surface area contributed by atoms with Gasteiger partial charge in [-0.25, -0.2) is 4.52 Å². The molecule has 7 aromatic rings. The number of nitrogens with zero attached hydrogens (tertiary/aromatic N) is 3. The van der Waals surface area contributed by atoms with E-state index in [1.54, 1.807) is 0 Å². The third kappa shape index (κ3) is 3.69. The summed E-state index contributed by atoms with van der Waals surface area (Å²) in [4.78, 5) is 4.16. The standard InChI is InChI=1S/C34H23N3/c1-3-9-26(10-4-1)31-23-29-13-7-8-14-30(29)34-32(33(36-37(31)34)28-11-5-2-6-12-28)27-17-15-24(16-18-27)25-19-21-35-22-20-25/h1-23H. The van der Waals surface area contributed by atoms with E-state index >= 15 is 0 Å². The van der Waals surface area contributed by atoms with Crippen LogP contribution >= 0.6 is 0 Å². The zero-order valence-electron chi connectivity index (χ0n) is 20.1. The maximum Gasteiger partial charge on any atom is 0.101 e. The molecule has 0 atom stereocenters. The summed E-state index contributed by atoms with van der Waals surface area (Å²) < 4.78 is 2.13. The number of rotatable bonds is 4. The van der Waals surface area contributed by atoms with Crippen LogP contribution in [0.4, 0.5) is 0 Å². The number of hydrogen-bond acceptors (Lipinski definition) is 2. The molecular weight excluding hydrogens is 450 g/mol. The molecule has 0 saturated carbocycles. The molecule has 0 aliphatic heterocycles. The number of fused-ring (bicyclic) bond motifs is 3. The summed E-state index contributed by atoms with van der Waals surface area (Å²) in [6, 6.07) is 44.7. The van der Waals surface area contributed by atoms with Crippen molar-refractivity contribution in [3.8, 4) is 44.8 Å². The SMILES string of the molecule is c1ccc(-c2nn3c(-c4ccccc4)cc4ccccc4c3c2-c2ccc(-c3ccncc3)cc2)cc1. The van der Waals surface area contributed by atoms with Crippen molar-refractivity contribution in [1.82, 2.24) is 14.6 Å². The van der Waals surface area contributed by atoms with Crippen LogP contribution in [0.3, 0.4) is 0 Å². The quantitative estimate of drug-likeness (QED) is 0.256. The van der Waals surface area contributed by atoms with Crippen molar-refractivity contribution >= 4 is 16.3 Å². The Morgan fingerprint density at radius 2 is 1.08 bits per heavy atom. The fraction of sp³-hybridized carbons (Fsp3) is 0. The molecule has 174 valence electrons. The van der Waals surface area contributed by atoms with Gasteiger partial charge in [0.05, 0.1) is 11.2 Å². The second kappa shape index (κ2) is 8.89. The van der Waals surface area contributed by atoms with Crippen LogP contribution in [0.25, 0.3) is 61.1 Å². The molecule has 0 bridgehead atoms. The fourth-order valence-corrected chi connectivity index (χ4v) is 5.15. The van der Waals surface area contributed by atoms with E-state index < -0.39 is 0 Å². The van der Waals surface area contributed by atoms with Gasteiger partial charge in [-0.2, -0.15) is 5.10 Å². The lowest BCUT2D eigenvalue weighted by molar-refractivity contribution is 0.979. The summed E-state index contributed by atoms with van der Waals surface area (Å²) in [6.07, 6.45) is 3.67. The van der Waals surface area contributed by atoms with Crippen LogP contribution in [-0.2, 0) is 0 Å². The predicted octanol–water partition coefficient (Wildman–Crippen LogP) is 8.55. The highest BCUT2D eigenvalue weighted by molar-refractivity contribution is 6.08. The second-order valence-corrected chi connectivity index (χ2v) is 9.15. The molecule has 7 rings (SSSR count). The van der Waals surface area contributed by atoms with E-state index in [0.717, 1.165) is 44.7 Å². The highest BCUT2D eigenvalue weighted by atomic mass is 15.2. The largest absolute Gasteiger partial charge is 0.265 e. The molecule has 4 aromatic carbocycles. The Labute approximate surface area is 215 Å². The minimum absolute atomic E-state index is 0.978. The third-order valence-electron chi connectivity index (χ3n) is 6.93. The Morgan fingerprint density at radius 1 is 0.486 bits per heavy atom. The van der Waals surface area contributed by atoms with Gasteiger partial charge in [-0.15, -0.1) is 0 Å². The molecule has 0 fully saturated rings. The van der Waals surface area contributed by atoms with E-state index in [4.69, 9.17) is 5.10 Å². The molecule has 0 aliphatic rings. The molecular formula is C34H23N3.